The number of piperidine rings is 1. The Hall–Kier alpha value is -1.38. The molecule has 0 bridgehead atoms. The Balaban J connectivity index is 2.12. The molecule has 0 radical (unpaired) electrons. The molecule has 0 N–H and O–H groups in total. The van der Waals surface area contributed by atoms with Gasteiger partial charge in [0.1, 0.15) is 0 Å². The van der Waals surface area contributed by atoms with Crippen LogP contribution in [0.5, 0.6) is 0 Å². The molecule has 1 heterocycles. The maximum atomic E-state index is 12.5. The van der Waals surface area contributed by atoms with Gasteiger partial charge in [-0.2, -0.15) is 9.57 Å². The number of rotatable bonds is 4. The van der Waals surface area contributed by atoms with E-state index in [1.54, 1.807) is 28.6 Å². The van der Waals surface area contributed by atoms with Crippen molar-refractivity contribution < 1.29 is 8.42 Å². The van der Waals surface area contributed by atoms with Gasteiger partial charge in [0.2, 0.25) is 10.0 Å². The molecule has 0 aromatic heterocycles. The van der Waals surface area contributed by atoms with E-state index in [4.69, 9.17) is 5.26 Å². The number of benzene rings is 1. The third-order valence-electron chi connectivity index (χ3n) is 4.00. The third-order valence-corrected chi connectivity index (χ3v) is 5.91. The zero-order valence-electron chi connectivity index (χ0n) is 11.7. The summed E-state index contributed by atoms with van der Waals surface area (Å²) in [7, 11) is -3.37. The summed E-state index contributed by atoms with van der Waals surface area (Å²) in [4.78, 5) is 0.328. The Morgan fingerprint density at radius 3 is 2.35 bits per heavy atom. The third kappa shape index (κ3) is 3.20. The molecule has 1 aromatic rings. The molecule has 1 aliphatic heterocycles. The summed E-state index contributed by atoms with van der Waals surface area (Å²) in [5.41, 5.74) is 0.844. The van der Waals surface area contributed by atoms with Crippen molar-refractivity contribution in [3.63, 3.8) is 0 Å². The van der Waals surface area contributed by atoms with Gasteiger partial charge in [0.25, 0.3) is 0 Å². The molecule has 2 rings (SSSR count). The minimum Gasteiger partial charge on any atom is -0.207 e. The summed E-state index contributed by atoms with van der Waals surface area (Å²) in [6.07, 6.45) is 3.32. The highest BCUT2D eigenvalue weighted by molar-refractivity contribution is 7.89. The lowest BCUT2D eigenvalue weighted by Crippen LogP contribution is -2.38. The van der Waals surface area contributed by atoms with E-state index in [-0.39, 0.29) is 0 Å². The van der Waals surface area contributed by atoms with Gasteiger partial charge >= 0.3 is 0 Å². The fourth-order valence-electron chi connectivity index (χ4n) is 2.58. The largest absolute Gasteiger partial charge is 0.243 e. The van der Waals surface area contributed by atoms with Crippen LogP contribution in [0, 0.1) is 17.2 Å². The van der Waals surface area contributed by atoms with Gasteiger partial charge in [-0.1, -0.05) is 25.5 Å². The van der Waals surface area contributed by atoms with Crippen LogP contribution in [0.25, 0.3) is 0 Å². The molecule has 5 heteroatoms. The monoisotopic (exact) mass is 292 g/mol. The van der Waals surface area contributed by atoms with Gasteiger partial charge in [-0.15, -0.1) is 0 Å². The van der Waals surface area contributed by atoms with E-state index in [1.807, 2.05) is 0 Å². The van der Waals surface area contributed by atoms with Crippen LogP contribution in [0.1, 0.15) is 31.7 Å². The molecular weight excluding hydrogens is 272 g/mol. The predicted octanol–water partition coefficient (Wildman–Crippen LogP) is 2.56. The van der Waals surface area contributed by atoms with Gasteiger partial charge in [0.15, 0.2) is 0 Å². The lowest BCUT2D eigenvalue weighted by Gasteiger charge is -2.30. The maximum absolute atomic E-state index is 12.5. The van der Waals surface area contributed by atoms with Gasteiger partial charge in [0.05, 0.1) is 17.4 Å². The van der Waals surface area contributed by atoms with Crippen LogP contribution < -0.4 is 0 Å². The highest BCUT2D eigenvalue weighted by Gasteiger charge is 2.28. The Morgan fingerprint density at radius 1 is 1.25 bits per heavy atom. The lowest BCUT2D eigenvalue weighted by atomic mass is 9.96. The SMILES string of the molecule is CCC1CCN(S(=O)(=O)c2ccc(CC#N)cc2)CC1. The highest BCUT2D eigenvalue weighted by Crippen LogP contribution is 2.25. The molecule has 20 heavy (non-hydrogen) atoms. The van der Waals surface area contributed by atoms with E-state index in [9.17, 15) is 8.42 Å². The Morgan fingerprint density at radius 2 is 1.85 bits per heavy atom. The average molecular weight is 292 g/mol. The van der Waals surface area contributed by atoms with Crippen LogP contribution in [0.2, 0.25) is 0 Å². The van der Waals surface area contributed by atoms with Crippen molar-refractivity contribution in [2.24, 2.45) is 5.92 Å². The Labute approximate surface area is 121 Å². The minimum atomic E-state index is -3.37. The maximum Gasteiger partial charge on any atom is 0.243 e. The zero-order valence-corrected chi connectivity index (χ0v) is 12.6. The predicted molar refractivity (Wildman–Crippen MR) is 77.5 cm³/mol. The van der Waals surface area contributed by atoms with Crippen molar-refractivity contribution in [3.05, 3.63) is 29.8 Å². The van der Waals surface area contributed by atoms with Crippen LogP contribution in [0.15, 0.2) is 29.2 Å². The normalized spacial score (nSPS) is 17.8. The van der Waals surface area contributed by atoms with Gasteiger partial charge in [-0.25, -0.2) is 8.42 Å². The summed E-state index contributed by atoms with van der Waals surface area (Å²) in [5, 5.41) is 8.62. The molecule has 4 nitrogen and oxygen atoms in total. The summed E-state index contributed by atoms with van der Waals surface area (Å²) in [6, 6.07) is 8.70. The van der Waals surface area contributed by atoms with Crippen molar-refractivity contribution in [1.82, 2.24) is 4.31 Å². The second-order valence-electron chi connectivity index (χ2n) is 5.23. The van der Waals surface area contributed by atoms with Gasteiger partial charge in [-0.3, -0.25) is 0 Å². The average Bonchev–Trinajstić information content (AvgIpc) is 2.48. The van der Waals surface area contributed by atoms with Crippen LogP contribution in [-0.2, 0) is 16.4 Å². The van der Waals surface area contributed by atoms with E-state index >= 15 is 0 Å². The topological polar surface area (TPSA) is 61.2 Å². The van der Waals surface area contributed by atoms with Crippen LogP contribution >= 0.6 is 0 Å². The van der Waals surface area contributed by atoms with Crippen LogP contribution in [0.4, 0.5) is 0 Å². The number of sulfonamides is 1. The number of nitrogens with zero attached hydrogens (tertiary/aromatic N) is 2. The molecule has 1 saturated heterocycles. The Bertz CT molecular complexity index is 579. The molecule has 108 valence electrons. The molecule has 0 unspecified atom stereocenters. The standard InChI is InChI=1S/C15H20N2O2S/c1-2-13-8-11-17(12-9-13)20(18,19)15-5-3-14(4-6-15)7-10-16/h3-6,13H,2,7-9,11-12H2,1H3. The summed E-state index contributed by atoms with van der Waals surface area (Å²) in [6.45, 7) is 3.38. The van der Waals surface area contributed by atoms with Gasteiger partial charge < -0.3 is 0 Å². The summed E-state index contributed by atoms with van der Waals surface area (Å²) >= 11 is 0. The first-order valence-electron chi connectivity index (χ1n) is 7.04. The fraction of sp³-hybridized carbons (Fsp3) is 0.533. The van der Waals surface area contributed by atoms with Crippen molar-refractivity contribution in [1.29, 1.82) is 5.26 Å². The Kier molecular flexibility index (Phi) is 4.79. The molecule has 1 aromatic carbocycles. The highest BCUT2D eigenvalue weighted by atomic mass is 32.2. The number of nitriles is 1. The van der Waals surface area contributed by atoms with E-state index in [1.165, 1.54) is 0 Å². The minimum absolute atomic E-state index is 0.308. The molecule has 0 saturated carbocycles. The number of hydrogen-bond acceptors (Lipinski definition) is 3. The van der Waals surface area contributed by atoms with Crippen LogP contribution in [0.3, 0.4) is 0 Å². The smallest absolute Gasteiger partial charge is 0.207 e. The second kappa shape index (κ2) is 6.38. The van der Waals surface area contributed by atoms with Crippen LogP contribution in [-0.4, -0.2) is 25.8 Å². The second-order valence-corrected chi connectivity index (χ2v) is 7.17. The van der Waals surface area contributed by atoms with Crippen molar-refractivity contribution >= 4 is 10.0 Å². The summed E-state index contributed by atoms with van der Waals surface area (Å²) in [5.74, 6) is 0.652. The first kappa shape index (κ1) is 15.0. The molecule has 1 aliphatic rings. The molecule has 0 spiro atoms. The van der Waals surface area contributed by atoms with Crippen molar-refractivity contribution in [2.75, 3.05) is 13.1 Å². The molecule has 0 atom stereocenters. The van der Waals surface area contributed by atoms with E-state index < -0.39 is 10.0 Å². The zero-order chi connectivity index (χ0) is 14.6. The first-order chi connectivity index (χ1) is 9.57. The van der Waals surface area contributed by atoms with E-state index in [0.29, 0.717) is 30.3 Å². The lowest BCUT2D eigenvalue weighted by molar-refractivity contribution is 0.269. The van der Waals surface area contributed by atoms with Crippen molar-refractivity contribution in [3.8, 4) is 6.07 Å². The quantitative estimate of drug-likeness (QED) is 0.857. The van der Waals surface area contributed by atoms with E-state index in [0.717, 1.165) is 24.8 Å². The molecule has 0 aliphatic carbocycles. The fourth-order valence-corrected chi connectivity index (χ4v) is 4.05. The molecular formula is C15H20N2O2S. The van der Waals surface area contributed by atoms with E-state index in [2.05, 4.69) is 13.0 Å². The van der Waals surface area contributed by atoms with Crippen molar-refractivity contribution in [2.45, 2.75) is 37.5 Å². The summed E-state index contributed by atoms with van der Waals surface area (Å²) < 4.78 is 26.6. The first-order valence-corrected chi connectivity index (χ1v) is 8.48. The van der Waals surface area contributed by atoms with Gasteiger partial charge in [0, 0.05) is 13.1 Å². The number of hydrogen-bond donors (Lipinski definition) is 0. The van der Waals surface area contributed by atoms with Gasteiger partial charge in [-0.05, 0) is 36.5 Å². The molecule has 1 fully saturated rings. The molecule has 0 amide bonds.